The van der Waals surface area contributed by atoms with E-state index in [9.17, 15) is 19.5 Å². The van der Waals surface area contributed by atoms with Gasteiger partial charge in [-0.3, -0.25) is 14.4 Å². The molecule has 0 aromatic heterocycles. The van der Waals surface area contributed by atoms with Crippen LogP contribution in [0, 0.1) is 0 Å². The van der Waals surface area contributed by atoms with Gasteiger partial charge in [0.25, 0.3) is 11.8 Å². The molecule has 4 aromatic rings. The third-order valence-corrected chi connectivity index (χ3v) is 6.67. The molecule has 0 heterocycles. The Morgan fingerprint density at radius 3 is 2.02 bits per heavy atom. The standard InChI is InChI=1S/C33H32N2O6/c1-40-25-17-15-23(16-18-25)22-35(20-19-31(36)37)33(39)29-13-7-5-11-27(29)26-10-4-6-12-28(26)32(38)34-21-24-9-3-8-14-30(24)41-2/h3-18H,19-22H2,1-2H3,(H,34,38)(H,36,37). The van der Waals surface area contributed by atoms with Crippen molar-refractivity contribution in [1.82, 2.24) is 10.2 Å². The molecule has 0 aliphatic heterocycles. The molecule has 0 radical (unpaired) electrons. The van der Waals surface area contributed by atoms with Gasteiger partial charge < -0.3 is 24.8 Å². The van der Waals surface area contributed by atoms with Crippen LogP contribution in [-0.4, -0.2) is 48.6 Å². The van der Waals surface area contributed by atoms with Crippen molar-refractivity contribution in [3.8, 4) is 22.6 Å². The molecule has 0 saturated carbocycles. The number of carboxylic acid groups (broad SMARTS) is 1. The zero-order valence-electron chi connectivity index (χ0n) is 23.0. The lowest BCUT2D eigenvalue weighted by Crippen LogP contribution is -2.33. The zero-order chi connectivity index (χ0) is 29.2. The van der Waals surface area contributed by atoms with Gasteiger partial charge in [-0.25, -0.2) is 0 Å². The van der Waals surface area contributed by atoms with Crippen LogP contribution >= 0.6 is 0 Å². The minimum absolute atomic E-state index is 0.0234. The van der Waals surface area contributed by atoms with E-state index in [1.807, 2.05) is 42.5 Å². The number of carbonyl (C=O) groups excluding carboxylic acids is 2. The number of rotatable bonds is 12. The van der Waals surface area contributed by atoms with E-state index in [0.717, 1.165) is 11.1 Å². The minimum Gasteiger partial charge on any atom is -0.497 e. The number of carbonyl (C=O) groups is 3. The summed E-state index contributed by atoms with van der Waals surface area (Å²) >= 11 is 0. The van der Waals surface area contributed by atoms with Gasteiger partial charge in [0.2, 0.25) is 0 Å². The van der Waals surface area contributed by atoms with E-state index in [1.54, 1.807) is 68.8 Å². The van der Waals surface area contributed by atoms with Crippen molar-refractivity contribution in [2.75, 3.05) is 20.8 Å². The molecule has 8 heteroatoms. The van der Waals surface area contributed by atoms with E-state index in [2.05, 4.69) is 5.32 Å². The van der Waals surface area contributed by atoms with E-state index in [0.29, 0.717) is 33.8 Å². The monoisotopic (exact) mass is 552 g/mol. The van der Waals surface area contributed by atoms with Crippen LogP contribution in [0.2, 0.25) is 0 Å². The number of hydrogen-bond donors (Lipinski definition) is 2. The van der Waals surface area contributed by atoms with E-state index >= 15 is 0 Å². The van der Waals surface area contributed by atoms with Crippen molar-refractivity contribution in [3.63, 3.8) is 0 Å². The second kappa shape index (κ2) is 13.8. The molecule has 0 aliphatic rings. The van der Waals surface area contributed by atoms with Gasteiger partial charge in [-0.2, -0.15) is 0 Å². The van der Waals surface area contributed by atoms with E-state index in [1.165, 1.54) is 4.90 Å². The molecule has 8 nitrogen and oxygen atoms in total. The lowest BCUT2D eigenvalue weighted by molar-refractivity contribution is -0.137. The Morgan fingerprint density at radius 1 is 0.756 bits per heavy atom. The highest BCUT2D eigenvalue weighted by Gasteiger charge is 2.23. The van der Waals surface area contributed by atoms with Crippen LogP contribution in [0.3, 0.4) is 0 Å². The molecule has 0 atom stereocenters. The Kier molecular flexibility index (Phi) is 9.72. The average Bonchev–Trinajstić information content (AvgIpc) is 3.01. The molecule has 0 spiro atoms. The Labute approximate surface area is 239 Å². The number of hydrogen-bond acceptors (Lipinski definition) is 5. The first-order valence-corrected chi connectivity index (χ1v) is 13.1. The summed E-state index contributed by atoms with van der Waals surface area (Å²) < 4.78 is 10.6. The number of para-hydroxylation sites is 1. The lowest BCUT2D eigenvalue weighted by Gasteiger charge is -2.24. The second-order valence-corrected chi connectivity index (χ2v) is 9.30. The number of nitrogens with one attached hydrogen (secondary N) is 1. The maximum atomic E-state index is 13.9. The smallest absolute Gasteiger partial charge is 0.305 e. The molecule has 210 valence electrons. The van der Waals surface area contributed by atoms with Gasteiger partial charge in [0, 0.05) is 36.3 Å². The maximum Gasteiger partial charge on any atom is 0.305 e. The SMILES string of the molecule is COc1ccc(CN(CCC(=O)O)C(=O)c2ccccc2-c2ccccc2C(=O)NCc2ccccc2OC)cc1. The highest BCUT2D eigenvalue weighted by atomic mass is 16.5. The van der Waals surface area contributed by atoms with Crippen LogP contribution in [0.1, 0.15) is 38.3 Å². The molecule has 4 aromatic carbocycles. The highest BCUT2D eigenvalue weighted by Crippen LogP contribution is 2.29. The summed E-state index contributed by atoms with van der Waals surface area (Å²) in [4.78, 5) is 40.2. The fourth-order valence-electron chi connectivity index (χ4n) is 4.54. The van der Waals surface area contributed by atoms with E-state index < -0.39 is 5.97 Å². The van der Waals surface area contributed by atoms with E-state index in [-0.39, 0.29) is 37.9 Å². The fourth-order valence-corrected chi connectivity index (χ4v) is 4.54. The summed E-state index contributed by atoms with van der Waals surface area (Å²) in [5.74, 6) is -0.266. The summed E-state index contributed by atoms with van der Waals surface area (Å²) in [6.07, 6.45) is -0.202. The number of amides is 2. The number of aliphatic carboxylic acids is 1. The zero-order valence-corrected chi connectivity index (χ0v) is 23.0. The van der Waals surface area contributed by atoms with Crippen molar-refractivity contribution in [3.05, 3.63) is 119 Å². The molecular weight excluding hydrogens is 520 g/mol. The van der Waals surface area contributed by atoms with Crippen molar-refractivity contribution in [1.29, 1.82) is 0 Å². The Hall–Kier alpha value is -5.11. The molecule has 0 fully saturated rings. The normalized spacial score (nSPS) is 10.5. The Balaban J connectivity index is 1.64. The van der Waals surface area contributed by atoms with Gasteiger partial charge in [-0.15, -0.1) is 0 Å². The number of methoxy groups -OCH3 is 2. The summed E-state index contributed by atoms with van der Waals surface area (Å²) in [5.41, 5.74) is 3.63. The van der Waals surface area contributed by atoms with Crippen LogP contribution in [0.25, 0.3) is 11.1 Å². The quantitative estimate of drug-likeness (QED) is 0.243. The van der Waals surface area contributed by atoms with Gasteiger partial charge in [-0.05, 0) is 47.0 Å². The van der Waals surface area contributed by atoms with Crippen molar-refractivity contribution in [2.24, 2.45) is 0 Å². The molecule has 0 bridgehead atoms. The first-order valence-electron chi connectivity index (χ1n) is 13.1. The Morgan fingerprint density at radius 2 is 1.37 bits per heavy atom. The largest absolute Gasteiger partial charge is 0.497 e. The van der Waals surface area contributed by atoms with Gasteiger partial charge in [0.15, 0.2) is 0 Å². The summed E-state index contributed by atoms with van der Waals surface area (Å²) in [6, 6.07) is 28.9. The van der Waals surface area contributed by atoms with Gasteiger partial charge >= 0.3 is 5.97 Å². The lowest BCUT2D eigenvalue weighted by atomic mass is 9.94. The summed E-state index contributed by atoms with van der Waals surface area (Å²) in [6.45, 7) is 0.504. The third kappa shape index (κ3) is 7.30. The number of nitrogens with zero attached hydrogens (tertiary/aromatic N) is 1. The van der Waals surface area contributed by atoms with Crippen molar-refractivity contribution in [2.45, 2.75) is 19.5 Å². The van der Waals surface area contributed by atoms with Gasteiger partial charge in [-0.1, -0.05) is 66.7 Å². The molecule has 2 N–H and O–H groups in total. The molecule has 0 saturated heterocycles. The third-order valence-electron chi connectivity index (χ3n) is 6.67. The number of benzene rings is 4. The van der Waals surface area contributed by atoms with E-state index in [4.69, 9.17) is 9.47 Å². The number of ether oxygens (including phenoxy) is 2. The first kappa shape index (κ1) is 28.9. The maximum absolute atomic E-state index is 13.9. The van der Waals surface area contributed by atoms with Crippen molar-refractivity contribution < 1.29 is 29.0 Å². The highest BCUT2D eigenvalue weighted by molar-refractivity contribution is 6.06. The van der Waals surface area contributed by atoms with Crippen LogP contribution in [0.15, 0.2) is 97.1 Å². The predicted octanol–water partition coefficient (Wildman–Crippen LogP) is 5.42. The van der Waals surface area contributed by atoms with Crippen LogP contribution in [-0.2, 0) is 17.9 Å². The molecule has 0 unspecified atom stereocenters. The van der Waals surface area contributed by atoms with Crippen LogP contribution < -0.4 is 14.8 Å². The molecule has 0 aliphatic carbocycles. The number of carboxylic acids is 1. The Bertz CT molecular complexity index is 1520. The summed E-state index contributed by atoms with van der Waals surface area (Å²) in [7, 11) is 3.16. The van der Waals surface area contributed by atoms with Crippen LogP contribution in [0.5, 0.6) is 11.5 Å². The molecule has 41 heavy (non-hydrogen) atoms. The van der Waals surface area contributed by atoms with Crippen LogP contribution in [0.4, 0.5) is 0 Å². The molecular formula is C33H32N2O6. The minimum atomic E-state index is -0.997. The fraction of sp³-hybridized carbons (Fsp3) is 0.182. The summed E-state index contributed by atoms with van der Waals surface area (Å²) in [5, 5.41) is 12.3. The van der Waals surface area contributed by atoms with Crippen molar-refractivity contribution >= 4 is 17.8 Å². The first-order chi connectivity index (χ1) is 19.9. The molecule has 4 rings (SSSR count). The topological polar surface area (TPSA) is 105 Å². The average molecular weight is 553 g/mol. The van der Waals surface area contributed by atoms with Gasteiger partial charge in [0.05, 0.1) is 20.6 Å². The van der Waals surface area contributed by atoms with Gasteiger partial charge in [0.1, 0.15) is 11.5 Å². The second-order valence-electron chi connectivity index (χ2n) is 9.30. The molecule has 2 amide bonds. The predicted molar refractivity (Wildman–Crippen MR) is 156 cm³/mol.